The summed E-state index contributed by atoms with van der Waals surface area (Å²) in [7, 11) is 1.63. The summed E-state index contributed by atoms with van der Waals surface area (Å²) >= 11 is 0. The Hall–Kier alpha value is -1.13. The Labute approximate surface area is 120 Å². The second-order valence-corrected chi connectivity index (χ2v) is 5.81. The number of nitrogens with one attached hydrogen (secondary N) is 1. The molecule has 0 aromatic heterocycles. The van der Waals surface area contributed by atoms with Crippen molar-refractivity contribution in [3.8, 4) is 5.75 Å². The number of halogens is 1. The highest BCUT2D eigenvalue weighted by Crippen LogP contribution is 2.44. The maximum atomic E-state index is 13.4. The third-order valence-electron chi connectivity index (χ3n) is 4.66. The molecule has 2 aliphatic rings. The zero-order chi connectivity index (χ0) is 13.9. The van der Waals surface area contributed by atoms with Crippen LogP contribution in [0.3, 0.4) is 0 Å². The van der Waals surface area contributed by atoms with Gasteiger partial charge in [0.25, 0.3) is 0 Å². The normalized spacial score (nSPS) is 22.3. The topological polar surface area (TPSA) is 24.5 Å². The average Bonchev–Trinajstić information content (AvgIpc) is 2.44. The van der Waals surface area contributed by atoms with Gasteiger partial charge < -0.3 is 10.1 Å². The summed E-state index contributed by atoms with van der Waals surface area (Å²) in [6.45, 7) is 4.18. The third kappa shape index (κ3) is 2.67. The molecule has 1 heterocycles. The summed E-state index contributed by atoms with van der Waals surface area (Å²) in [6, 6.07) is 5.37. The average molecular weight is 278 g/mol. The van der Waals surface area contributed by atoms with Crippen molar-refractivity contribution in [2.75, 3.05) is 33.3 Å². The van der Waals surface area contributed by atoms with Gasteiger partial charge >= 0.3 is 0 Å². The molecule has 0 unspecified atom stereocenters. The van der Waals surface area contributed by atoms with Gasteiger partial charge in [0.15, 0.2) is 0 Å². The van der Waals surface area contributed by atoms with Crippen molar-refractivity contribution in [3.05, 3.63) is 29.6 Å². The van der Waals surface area contributed by atoms with E-state index in [0.29, 0.717) is 17.7 Å². The number of piperazine rings is 1. The van der Waals surface area contributed by atoms with Crippen molar-refractivity contribution in [2.45, 2.75) is 25.3 Å². The van der Waals surface area contributed by atoms with Crippen LogP contribution >= 0.6 is 0 Å². The van der Waals surface area contributed by atoms with Gasteiger partial charge in [0.2, 0.25) is 0 Å². The van der Waals surface area contributed by atoms with Gasteiger partial charge in [-0.1, -0.05) is 12.5 Å². The zero-order valence-electron chi connectivity index (χ0n) is 12.1. The van der Waals surface area contributed by atoms with Crippen molar-refractivity contribution in [2.24, 2.45) is 5.92 Å². The first-order chi connectivity index (χ1) is 9.79. The summed E-state index contributed by atoms with van der Waals surface area (Å²) in [6.07, 6.45) is 3.86. The molecule has 1 aliphatic carbocycles. The van der Waals surface area contributed by atoms with Crippen LogP contribution in [-0.4, -0.2) is 38.2 Å². The number of methoxy groups -OCH3 is 1. The van der Waals surface area contributed by atoms with E-state index in [0.717, 1.165) is 31.7 Å². The molecule has 4 heteroatoms. The predicted octanol–water partition coefficient (Wildman–Crippen LogP) is 2.58. The molecule has 20 heavy (non-hydrogen) atoms. The minimum Gasteiger partial charge on any atom is -0.496 e. The van der Waals surface area contributed by atoms with Crippen LogP contribution in [0.4, 0.5) is 4.39 Å². The fourth-order valence-corrected chi connectivity index (χ4v) is 3.39. The van der Waals surface area contributed by atoms with E-state index in [1.165, 1.54) is 25.3 Å². The highest BCUT2D eigenvalue weighted by atomic mass is 19.1. The Morgan fingerprint density at radius 1 is 1.30 bits per heavy atom. The number of rotatable bonds is 4. The van der Waals surface area contributed by atoms with E-state index in [1.54, 1.807) is 13.2 Å². The van der Waals surface area contributed by atoms with Gasteiger partial charge in [-0.3, -0.25) is 4.90 Å². The number of benzene rings is 1. The fraction of sp³-hybridized carbons (Fsp3) is 0.625. The van der Waals surface area contributed by atoms with Gasteiger partial charge in [-0.05, 0) is 24.8 Å². The molecule has 0 radical (unpaired) electrons. The van der Waals surface area contributed by atoms with Crippen LogP contribution in [0.5, 0.6) is 5.75 Å². The SMILES string of the molecule is COc1cc(F)ccc1[C@@H](C1CCC1)N1CCNCC1. The summed E-state index contributed by atoms with van der Waals surface area (Å²) < 4.78 is 18.9. The Bertz CT molecular complexity index is 456. The first-order valence-corrected chi connectivity index (χ1v) is 7.58. The van der Waals surface area contributed by atoms with E-state index in [4.69, 9.17) is 4.74 Å². The van der Waals surface area contributed by atoms with E-state index >= 15 is 0 Å². The summed E-state index contributed by atoms with van der Waals surface area (Å²) in [5.74, 6) is 1.16. The van der Waals surface area contributed by atoms with E-state index in [9.17, 15) is 4.39 Å². The lowest BCUT2D eigenvalue weighted by atomic mass is 9.76. The molecule has 3 rings (SSSR count). The Morgan fingerprint density at radius 2 is 2.05 bits per heavy atom. The minimum atomic E-state index is -0.224. The molecule has 1 atom stereocenters. The van der Waals surface area contributed by atoms with Crippen LogP contribution < -0.4 is 10.1 Å². The lowest BCUT2D eigenvalue weighted by molar-refractivity contribution is 0.0818. The highest BCUT2D eigenvalue weighted by molar-refractivity contribution is 5.37. The van der Waals surface area contributed by atoms with Crippen molar-refractivity contribution >= 4 is 0 Å². The van der Waals surface area contributed by atoms with Crippen LogP contribution in [0.15, 0.2) is 18.2 Å². The summed E-state index contributed by atoms with van der Waals surface area (Å²) in [4.78, 5) is 2.54. The quantitative estimate of drug-likeness (QED) is 0.916. The van der Waals surface area contributed by atoms with Crippen LogP contribution in [0.2, 0.25) is 0 Å². The molecule has 0 bridgehead atoms. The second-order valence-electron chi connectivity index (χ2n) is 5.81. The van der Waals surface area contributed by atoms with Crippen molar-refractivity contribution in [1.29, 1.82) is 0 Å². The molecular formula is C16H23FN2O. The van der Waals surface area contributed by atoms with Gasteiger partial charge in [-0.2, -0.15) is 0 Å². The second kappa shape index (κ2) is 6.10. The summed E-state index contributed by atoms with van der Waals surface area (Å²) in [5.41, 5.74) is 1.15. The van der Waals surface area contributed by atoms with Crippen LogP contribution in [0, 0.1) is 11.7 Å². The number of hydrogen-bond donors (Lipinski definition) is 1. The molecule has 3 nitrogen and oxygen atoms in total. The van der Waals surface area contributed by atoms with Gasteiger partial charge in [-0.15, -0.1) is 0 Å². The Kier molecular flexibility index (Phi) is 4.22. The first kappa shape index (κ1) is 13.8. The Balaban J connectivity index is 1.91. The number of nitrogens with zero attached hydrogens (tertiary/aromatic N) is 1. The first-order valence-electron chi connectivity index (χ1n) is 7.58. The molecule has 1 N–H and O–H groups in total. The third-order valence-corrected chi connectivity index (χ3v) is 4.66. The van der Waals surface area contributed by atoms with Crippen LogP contribution in [-0.2, 0) is 0 Å². The van der Waals surface area contributed by atoms with Crippen molar-refractivity contribution in [3.63, 3.8) is 0 Å². The van der Waals surface area contributed by atoms with E-state index in [2.05, 4.69) is 10.2 Å². The van der Waals surface area contributed by atoms with E-state index < -0.39 is 0 Å². The molecular weight excluding hydrogens is 255 g/mol. The van der Waals surface area contributed by atoms with Gasteiger partial charge in [-0.25, -0.2) is 4.39 Å². The largest absolute Gasteiger partial charge is 0.496 e. The molecule has 110 valence electrons. The van der Waals surface area contributed by atoms with Crippen LogP contribution in [0.25, 0.3) is 0 Å². The lowest BCUT2D eigenvalue weighted by Gasteiger charge is -2.43. The highest BCUT2D eigenvalue weighted by Gasteiger charge is 2.35. The minimum absolute atomic E-state index is 0.224. The fourth-order valence-electron chi connectivity index (χ4n) is 3.39. The molecule has 0 spiro atoms. The van der Waals surface area contributed by atoms with E-state index in [-0.39, 0.29) is 5.82 Å². The molecule has 1 saturated carbocycles. The van der Waals surface area contributed by atoms with Crippen molar-refractivity contribution < 1.29 is 9.13 Å². The lowest BCUT2D eigenvalue weighted by Crippen LogP contribution is -2.47. The molecule has 2 fully saturated rings. The molecule has 0 amide bonds. The summed E-state index contributed by atoms with van der Waals surface area (Å²) in [5, 5.41) is 3.40. The van der Waals surface area contributed by atoms with Crippen molar-refractivity contribution in [1.82, 2.24) is 10.2 Å². The smallest absolute Gasteiger partial charge is 0.126 e. The van der Waals surface area contributed by atoms with Gasteiger partial charge in [0.05, 0.1) is 7.11 Å². The monoisotopic (exact) mass is 278 g/mol. The van der Waals surface area contributed by atoms with Crippen LogP contribution in [0.1, 0.15) is 30.9 Å². The predicted molar refractivity (Wildman–Crippen MR) is 77.5 cm³/mol. The molecule has 1 saturated heterocycles. The maximum Gasteiger partial charge on any atom is 0.126 e. The molecule has 1 aliphatic heterocycles. The zero-order valence-corrected chi connectivity index (χ0v) is 12.1. The molecule has 1 aromatic rings. The number of ether oxygens (including phenoxy) is 1. The van der Waals surface area contributed by atoms with Gasteiger partial charge in [0, 0.05) is 43.9 Å². The standard InChI is InChI=1S/C16H23FN2O/c1-20-15-11-13(17)5-6-14(15)16(12-3-2-4-12)19-9-7-18-8-10-19/h5-6,11-12,16,18H,2-4,7-10H2,1H3/t16-/m1/s1. The maximum absolute atomic E-state index is 13.4. The Morgan fingerprint density at radius 3 is 2.65 bits per heavy atom. The van der Waals surface area contributed by atoms with E-state index in [1.807, 2.05) is 6.07 Å². The number of hydrogen-bond acceptors (Lipinski definition) is 3. The van der Waals surface area contributed by atoms with Gasteiger partial charge in [0.1, 0.15) is 11.6 Å². The molecule has 1 aromatic carbocycles.